The van der Waals surface area contributed by atoms with E-state index in [1.54, 1.807) is 0 Å². The van der Waals surface area contributed by atoms with Gasteiger partial charge in [-0.25, -0.2) is 0 Å². The molecule has 0 rings (SSSR count). The Balaban J connectivity index is 4.01. The van der Waals surface area contributed by atoms with Crippen molar-refractivity contribution in [2.24, 2.45) is 5.73 Å². The van der Waals surface area contributed by atoms with Crippen LogP contribution in [0.3, 0.4) is 0 Å². The van der Waals surface area contributed by atoms with Gasteiger partial charge >= 0.3 is 5.97 Å². The number of carbonyl (C=O) groups excluding carboxylic acids is 2. The highest BCUT2D eigenvalue weighted by molar-refractivity contribution is 5.95. The summed E-state index contributed by atoms with van der Waals surface area (Å²) in [5.74, 6) is -1.12. The minimum atomic E-state index is -1.00. The quantitative estimate of drug-likeness (QED) is 0.0469. The van der Waals surface area contributed by atoms with Crippen LogP contribution in [0.15, 0.2) is 24.3 Å². The van der Waals surface area contributed by atoms with Gasteiger partial charge in [0.2, 0.25) is 11.8 Å². The van der Waals surface area contributed by atoms with E-state index < -0.39 is 12.0 Å². The number of hydrogen-bond donors (Lipinski definition) is 2. The Morgan fingerprint density at radius 3 is 0.950 bits per heavy atom. The summed E-state index contributed by atoms with van der Waals surface area (Å²) >= 11 is 0. The lowest BCUT2D eigenvalue weighted by molar-refractivity contribution is -0.145. The van der Waals surface area contributed by atoms with Crippen molar-refractivity contribution in [1.29, 1.82) is 0 Å². The van der Waals surface area contributed by atoms with Crippen molar-refractivity contribution in [3.63, 3.8) is 0 Å². The fourth-order valence-corrected chi connectivity index (χ4v) is 8.23. The van der Waals surface area contributed by atoms with Crippen LogP contribution in [-0.2, 0) is 14.4 Å². The molecule has 1 atom stereocenters. The summed E-state index contributed by atoms with van der Waals surface area (Å²) in [6, 6.07) is -0.890. The maximum atomic E-state index is 13.2. The molecule has 0 aromatic rings. The van der Waals surface area contributed by atoms with Crippen molar-refractivity contribution < 1.29 is 19.5 Å². The number of carboxylic acids is 1. The number of aliphatic carboxylic acids is 1. The summed E-state index contributed by atoms with van der Waals surface area (Å²) in [7, 11) is 0. The largest absolute Gasteiger partial charge is 0.480 e. The van der Waals surface area contributed by atoms with Crippen molar-refractivity contribution in [3.8, 4) is 0 Å². The summed E-state index contributed by atoms with van der Waals surface area (Å²) in [6.45, 7) is 4.93. The zero-order chi connectivity index (χ0) is 43.8. The van der Waals surface area contributed by atoms with Crippen LogP contribution in [0.5, 0.6) is 0 Å². The van der Waals surface area contributed by atoms with Gasteiger partial charge in [0.15, 0.2) is 0 Å². The van der Waals surface area contributed by atoms with Gasteiger partial charge in [-0.1, -0.05) is 218 Å². The molecule has 6 nitrogen and oxygen atoms in total. The molecule has 2 amide bonds. The molecule has 6 heteroatoms. The predicted molar refractivity (Wildman–Crippen MR) is 260 cm³/mol. The van der Waals surface area contributed by atoms with Gasteiger partial charge < -0.3 is 10.8 Å². The van der Waals surface area contributed by atoms with Crippen LogP contribution in [-0.4, -0.2) is 40.4 Å². The second-order valence-electron chi connectivity index (χ2n) is 18.3. The van der Waals surface area contributed by atoms with Gasteiger partial charge in [-0.2, -0.15) is 0 Å². The summed E-state index contributed by atoms with van der Waals surface area (Å²) in [5, 5.41) is 9.11. The van der Waals surface area contributed by atoms with E-state index in [1.165, 1.54) is 210 Å². The van der Waals surface area contributed by atoms with E-state index in [0.717, 1.165) is 38.5 Å². The molecule has 0 aliphatic carbocycles. The van der Waals surface area contributed by atoms with Gasteiger partial charge in [0, 0.05) is 19.4 Å². The summed E-state index contributed by atoms with van der Waals surface area (Å²) < 4.78 is 0. The zero-order valence-corrected chi connectivity index (χ0v) is 40.2. The average Bonchev–Trinajstić information content (AvgIpc) is 3.24. The van der Waals surface area contributed by atoms with E-state index in [-0.39, 0.29) is 11.8 Å². The number of allylic oxidation sites excluding steroid dienone is 4. The lowest BCUT2D eigenvalue weighted by atomic mass is 10.0. The third-order valence-electron chi connectivity index (χ3n) is 12.4. The monoisotopic (exact) mass is 843 g/mol. The highest BCUT2D eigenvalue weighted by Gasteiger charge is 2.21. The van der Waals surface area contributed by atoms with Crippen LogP contribution in [0.4, 0.5) is 0 Å². The lowest BCUT2D eigenvalue weighted by Crippen LogP contribution is -2.37. The molecule has 0 aromatic heterocycles. The molecule has 352 valence electrons. The Kier molecular flexibility index (Phi) is 46.5. The number of nitrogens with two attached hydrogens (primary N) is 1. The van der Waals surface area contributed by atoms with Crippen LogP contribution >= 0.6 is 0 Å². The zero-order valence-electron chi connectivity index (χ0n) is 40.2. The fraction of sp³-hybridized carbons (Fsp3) is 0.870. The number of rotatable bonds is 48. The van der Waals surface area contributed by atoms with Crippen LogP contribution in [0.25, 0.3) is 0 Å². The topological polar surface area (TPSA) is 101 Å². The SMILES string of the molecule is CCCCCCCCC=CCCCCCCCCCCCCCC(=O)N(CCCC[C@H](N)C(=O)O)C(=O)CCCCCCCCCCCCCC=CCCCCCCCC. The van der Waals surface area contributed by atoms with Gasteiger partial charge in [-0.3, -0.25) is 19.3 Å². The molecule has 60 heavy (non-hydrogen) atoms. The standard InChI is InChI=1S/C54H102N2O4/c1-3-5-7-9-11-13-15-17-19-21-23-25-27-29-31-33-35-37-39-41-43-48-52(57)56(50-46-45-47-51(55)54(59)60)53(58)49-44-42-40-38-36-34-32-30-28-26-24-22-20-18-16-14-12-10-8-6-4-2/h17-20,51H,3-16,21-50,55H2,1-2H3,(H,59,60)/t51-/m0/s1. The van der Waals surface area contributed by atoms with Crippen LogP contribution in [0.1, 0.15) is 290 Å². The fourth-order valence-electron chi connectivity index (χ4n) is 8.23. The minimum absolute atomic E-state index is 0.0595. The molecule has 0 aromatic carbocycles. The molecule has 0 radical (unpaired) electrons. The summed E-state index contributed by atoms with van der Waals surface area (Å²) in [5.41, 5.74) is 5.68. The van der Waals surface area contributed by atoms with E-state index in [9.17, 15) is 14.4 Å². The molecular weight excluding hydrogens is 741 g/mol. The second-order valence-corrected chi connectivity index (χ2v) is 18.3. The van der Waals surface area contributed by atoms with E-state index in [1.807, 2.05) is 0 Å². The number of carboxylic acid groups (broad SMARTS) is 1. The van der Waals surface area contributed by atoms with Crippen LogP contribution < -0.4 is 5.73 Å². The number of carbonyl (C=O) groups is 3. The Labute approximate surface area is 373 Å². The molecule has 0 saturated carbocycles. The molecule has 0 aliphatic heterocycles. The molecule has 0 aliphatic rings. The summed E-state index contributed by atoms with van der Waals surface area (Å²) in [4.78, 5) is 39.0. The number of hydrogen-bond acceptors (Lipinski definition) is 4. The maximum absolute atomic E-state index is 13.2. The molecule has 0 fully saturated rings. The highest BCUT2D eigenvalue weighted by atomic mass is 16.4. The lowest BCUT2D eigenvalue weighted by Gasteiger charge is -2.21. The Morgan fingerprint density at radius 2 is 0.667 bits per heavy atom. The second kappa shape index (κ2) is 48.1. The van der Waals surface area contributed by atoms with Crippen molar-refractivity contribution in [1.82, 2.24) is 4.90 Å². The van der Waals surface area contributed by atoms with Crippen molar-refractivity contribution in [2.75, 3.05) is 6.54 Å². The van der Waals surface area contributed by atoms with E-state index in [4.69, 9.17) is 10.8 Å². The van der Waals surface area contributed by atoms with Crippen molar-refractivity contribution in [2.45, 2.75) is 296 Å². The predicted octanol–water partition coefficient (Wildman–Crippen LogP) is 16.7. The van der Waals surface area contributed by atoms with Crippen molar-refractivity contribution in [3.05, 3.63) is 24.3 Å². The average molecular weight is 843 g/mol. The minimum Gasteiger partial charge on any atom is -0.480 e. The van der Waals surface area contributed by atoms with E-state index in [0.29, 0.717) is 38.6 Å². The molecule has 0 spiro atoms. The molecule has 0 bridgehead atoms. The molecule has 0 heterocycles. The molecule has 0 saturated heterocycles. The number of nitrogens with zero attached hydrogens (tertiary/aromatic N) is 1. The van der Waals surface area contributed by atoms with Gasteiger partial charge in [-0.05, 0) is 83.5 Å². The number of imide groups is 1. The van der Waals surface area contributed by atoms with E-state index in [2.05, 4.69) is 38.2 Å². The Hall–Kier alpha value is -1.95. The third kappa shape index (κ3) is 42.7. The highest BCUT2D eigenvalue weighted by Crippen LogP contribution is 2.17. The molecule has 0 unspecified atom stereocenters. The number of amides is 2. The number of unbranched alkanes of at least 4 members (excludes halogenated alkanes) is 35. The van der Waals surface area contributed by atoms with Gasteiger partial charge in [0.1, 0.15) is 6.04 Å². The van der Waals surface area contributed by atoms with Crippen molar-refractivity contribution >= 4 is 17.8 Å². The van der Waals surface area contributed by atoms with Crippen LogP contribution in [0.2, 0.25) is 0 Å². The maximum Gasteiger partial charge on any atom is 0.320 e. The first-order valence-electron chi connectivity index (χ1n) is 26.6. The summed E-state index contributed by atoms with van der Waals surface area (Å²) in [6.07, 6.45) is 60.6. The Morgan fingerprint density at radius 1 is 0.400 bits per heavy atom. The normalized spacial score (nSPS) is 12.2. The van der Waals surface area contributed by atoms with Gasteiger partial charge in [0.25, 0.3) is 0 Å². The van der Waals surface area contributed by atoms with Gasteiger partial charge in [-0.15, -0.1) is 0 Å². The first-order valence-corrected chi connectivity index (χ1v) is 26.6. The molecular formula is C54H102N2O4. The first kappa shape index (κ1) is 58.0. The van der Waals surface area contributed by atoms with E-state index >= 15 is 0 Å². The van der Waals surface area contributed by atoms with Gasteiger partial charge in [0.05, 0.1) is 0 Å². The molecule has 3 N–H and O–H groups in total. The van der Waals surface area contributed by atoms with Crippen LogP contribution in [0, 0.1) is 0 Å². The smallest absolute Gasteiger partial charge is 0.320 e. The first-order chi connectivity index (χ1) is 29.4. The Bertz CT molecular complexity index is 930. The third-order valence-corrected chi connectivity index (χ3v) is 12.4.